The fraction of sp³-hybridized carbons (Fsp3) is 0.500. The monoisotopic (exact) mass is 447 g/mol. The predicted octanol–water partition coefficient (Wildman–Crippen LogP) is 2.17. The highest BCUT2D eigenvalue weighted by Crippen LogP contribution is 2.33. The van der Waals surface area contributed by atoms with Crippen LogP contribution in [0.4, 0.5) is 11.6 Å². The highest BCUT2D eigenvalue weighted by molar-refractivity contribution is 5.89. The van der Waals surface area contributed by atoms with Gasteiger partial charge in [-0.2, -0.15) is 9.61 Å². The molecule has 0 aromatic carbocycles. The number of carbonyl (C=O) groups is 2. The predicted molar refractivity (Wildman–Crippen MR) is 126 cm³/mol. The second kappa shape index (κ2) is 7.90. The third-order valence-corrected chi connectivity index (χ3v) is 6.89. The zero-order valence-corrected chi connectivity index (χ0v) is 18.7. The zero-order chi connectivity index (χ0) is 22.5. The number of aromatic nitrogens is 3. The lowest BCUT2D eigenvalue weighted by Gasteiger charge is -2.35. The summed E-state index contributed by atoms with van der Waals surface area (Å²) in [6.45, 7) is 6.94. The van der Waals surface area contributed by atoms with Crippen molar-refractivity contribution in [2.75, 3.05) is 36.4 Å². The molecule has 2 aromatic heterocycles. The Balaban J connectivity index is 1.28. The van der Waals surface area contributed by atoms with Gasteiger partial charge in [-0.3, -0.25) is 9.59 Å². The van der Waals surface area contributed by atoms with Crippen molar-refractivity contribution >= 4 is 35.2 Å². The van der Waals surface area contributed by atoms with Gasteiger partial charge in [-0.15, -0.1) is 0 Å². The van der Waals surface area contributed by atoms with Crippen molar-refractivity contribution in [3.05, 3.63) is 35.7 Å². The van der Waals surface area contributed by atoms with Crippen molar-refractivity contribution in [1.29, 1.82) is 0 Å². The van der Waals surface area contributed by atoms with Gasteiger partial charge in [0.05, 0.1) is 12.6 Å². The third kappa shape index (κ3) is 4.19. The summed E-state index contributed by atoms with van der Waals surface area (Å²) in [5.41, 5.74) is 3.12. The molecular weight excluding hydrogens is 418 g/mol. The van der Waals surface area contributed by atoms with Crippen LogP contribution in [-0.4, -0.2) is 63.5 Å². The van der Waals surface area contributed by atoms with Gasteiger partial charge >= 0.3 is 0 Å². The number of rotatable bonds is 6. The van der Waals surface area contributed by atoms with Crippen LogP contribution in [0.25, 0.3) is 11.7 Å². The number of amides is 2. The average molecular weight is 448 g/mol. The van der Waals surface area contributed by atoms with Gasteiger partial charge in [0.15, 0.2) is 5.65 Å². The van der Waals surface area contributed by atoms with Crippen LogP contribution in [-0.2, 0) is 9.59 Å². The Kier molecular flexibility index (Phi) is 4.85. The summed E-state index contributed by atoms with van der Waals surface area (Å²) >= 11 is 0. The first kappa shape index (κ1) is 20.3. The first-order chi connectivity index (χ1) is 16.0. The first-order valence-electron chi connectivity index (χ1n) is 11.9. The smallest absolute Gasteiger partial charge is 0.228 e. The molecule has 0 radical (unpaired) electrons. The van der Waals surface area contributed by atoms with Gasteiger partial charge in [-0.1, -0.05) is 6.58 Å². The molecule has 2 amide bonds. The van der Waals surface area contributed by atoms with Crippen molar-refractivity contribution in [1.82, 2.24) is 24.8 Å². The number of hydrogen-bond acceptors (Lipinski definition) is 6. The SMILES string of the molecule is C=C1NC(=O)C/C1=C\c1cnn2c(NC3CC3)cc(N3CCN(C(=O)CC4CC4)CC3)nc12. The molecule has 9 heteroatoms. The molecule has 2 saturated carbocycles. The Morgan fingerprint density at radius 1 is 1.21 bits per heavy atom. The summed E-state index contributed by atoms with van der Waals surface area (Å²) in [5.74, 6) is 2.68. The van der Waals surface area contributed by atoms with Gasteiger partial charge in [-0.25, -0.2) is 4.98 Å². The van der Waals surface area contributed by atoms with Crippen molar-refractivity contribution in [3.63, 3.8) is 0 Å². The summed E-state index contributed by atoms with van der Waals surface area (Å²) in [5, 5.41) is 10.9. The molecular formula is C24H29N7O2. The molecule has 4 aliphatic rings. The highest BCUT2D eigenvalue weighted by atomic mass is 16.2. The number of nitrogens with one attached hydrogen (secondary N) is 2. The highest BCUT2D eigenvalue weighted by Gasteiger charge is 2.30. The third-order valence-electron chi connectivity index (χ3n) is 6.89. The van der Waals surface area contributed by atoms with Crippen LogP contribution in [0.3, 0.4) is 0 Å². The van der Waals surface area contributed by atoms with E-state index in [1.165, 1.54) is 12.8 Å². The van der Waals surface area contributed by atoms with E-state index in [9.17, 15) is 9.59 Å². The molecule has 4 heterocycles. The van der Waals surface area contributed by atoms with Gasteiger partial charge in [0.2, 0.25) is 11.8 Å². The molecule has 0 unspecified atom stereocenters. The van der Waals surface area contributed by atoms with Crippen molar-refractivity contribution in [2.45, 2.75) is 44.6 Å². The first-order valence-corrected chi connectivity index (χ1v) is 11.9. The Morgan fingerprint density at radius 2 is 2.00 bits per heavy atom. The van der Waals surface area contributed by atoms with E-state index in [4.69, 9.17) is 4.98 Å². The van der Waals surface area contributed by atoms with Crippen LogP contribution in [0, 0.1) is 5.92 Å². The van der Waals surface area contributed by atoms with Crippen LogP contribution >= 0.6 is 0 Å². The number of nitrogens with zero attached hydrogens (tertiary/aromatic N) is 5. The van der Waals surface area contributed by atoms with E-state index in [-0.39, 0.29) is 5.91 Å². The average Bonchev–Trinajstić information content (AvgIpc) is 3.73. The van der Waals surface area contributed by atoms with Gasteiger partial charge in [0.1, 0.15) is 11.6 Å². The minimum Gasteiger partial charge on any atom is -0.367 e. The van der Waals surface area contributed by atoms with Crippen molar-refractivity contribution in [2.24, 2.45) is 5.92 Å². The maximum absolute atomic E-state index is 12.5. The second-order valence-electron chi connectivity index (χ2n) is 9.64. The van der Waals surface area contributed by atoms with E-state index in [0.29, 0.717) is 36.4 Å². The van der Waals surface area contributed by atoms with E-state index < -0.39 is 0 Å². The summed E-state index contributed by atoms with van der Waals surface area (Å²) in [7, 11) is 0. The lowest BCUT2D eigenvalue weighted by atomic mass is 10.1. The number of hydrogen-bond donors (Lipinski definition) is 2. The lowest BCUT2D eigenvalue weighted by Crippen LogP contribution is -2.49. The minimum atomic E-state index is -0.0402. The van der Waals surface area contributed by atoms with Crippen LogP contribution < -0.4 is 15.5 Å². The van der Waals surface area contributed by atoms with Crippen LogP contribution in [0.1, 0.15) is 44.1 Å². The van der Waals surface area contributed by atoms with Gasteiger partial charge in [-0.05, 0) is 43.3 Å². The molecule has 0 atom stereocenters. The number of allylic oxidation sites excluding steroid dienone is 1. The minimum absolute atomic E-state index is 0.0402. The molecule has 6 rings (SSSR count). The maximum Gasteiger partial charge on any atom is 0.228 e. The Labute approximate surface area is 192 Å². The largest absolute Gasteiger partial charge is 0.367 e. The molecule has 172 valence electrons. The van der Waals surface area contributed by atoms with E-state index >= 15 is 0 Å². The molecule has 2 aromatic rings. The normalized spacial score (nSPS) is 22.4. The topological polar surface area (TPSA) is 94.9 Å². The zero-order valence-electron chi connectivity index (χ0n) is 18.7. The molecule has 2 aliphatic heterocycles. The number of carbonyl (C=O) groups excluding carboxylic acids is 2. The molecule has 9 nitrogen and oxygen atoms in total. The molecule has 33 heavy (non-hydrogen) atoms. The van der Waals surface area contributed by atoms with E-state index in [2.05, 4.69) is 33.3 Å². The molecule has 2 saturated heterocycles. The van der Waals surface area contributed by atoms with Crippen molar-refractivity contribution < 1.29 is 9.59 Å². The van der Waals surface area contributed by atoms with Crippen LogP contribution in [0.15, 0.2) is 30.1 Å². The van der Waals surface area contributed by atoms with Crippen LogP contribution in [0.2, 0.25) is 0 Å². The van der Waals surface area contributed by atoms with Gasteiger partial charge in [0.25, 0.3) is 0 Å². The second-order valence-corrected chi connectivity index (χ2v) is 9.64. The molecule has 4 fully saturated rings. The summed E-state index contributed by atoms with van der Waals surface area (Å²) < 4.78 is 1.84. The van der Waals surface area contributed by atoms with E-state index in [0.717, 1.165) is 67.4 Å². The van der Waals surface area contributed by atoms with Crippen molar-refractivity contribution in [3.8, 4) is 0 Å². The fourth-order valence-corrected chi connectivity index (χ4v) is 4.55. The molecule has 2 aliphatic carbocycles. The maximum atomic E-state index is 12.5. The molecule has 0 spiro atoms. The standard InChI is InChI=1S/C24H29N7O2/c1-15-17(12-22(32)26-15)11-18-14-25-31-21(27-19-4-5-19)13-20(28-24(18)31)29-6-8-30(9-7-29)23(33)10-16-2-3-16/h11,13-14,16,19,27H,1-10,12H2,(H,26,32)/b17-11+. The Bertz CT molecular complexity index is 1170. The fourth-order valence-electron chi connectivity index (χ4n) is 4.55. The Morgan fingerprint density at radius 3 is 2.67 bits per heavy atom. The summed E-state index contributed by atoms with van der Waals surface area (Å²) in [4.78, 5) is 33.5. The van der Waals surface area contributed by atoms with E-state index in [1.807, 2.05) is 15.5 Å². The summed E-state index contributed by atoms with van der Waals surface area (Å²) in [6.07, 6.45) is 9.49. The molecule has 0 bridgehead atoms. The van der Waals surface area contributed by atoms with Crippen LogP contribution in [0.5, 0.6) is 0 Å². The van der Waals surface area contributed by atoms with Gasteiger partial charge < -0.3 is 20.4 Å². The van der Waals surface area contributed by atoms with E-state index in [1.54, 1.807) is 6.20 Å². The number of anilines is 2. The number of piperazine rings is 1. The summed E-state index contributed by atoms with van der Waals surface area (Å²) in [6, 6.07) is 2.54. The van der Waals surface area contributed by atoms with Gasteiger partial charge in [0, 0.05) is 56.0 Å². The molecule has 2 N–H and O–H groups in total. The Hall–Kier alpha value is -3.36. The quantitative estimate of drug-likeness (QED) is 0.705. The number of fused-ring (bicyclic) bond motifs is 1. The lowest BCUT2D eigenvalue weighted by molar-refractivity contribution is -0.131.